The van der Waals surface area contributed by atoms with Gasteiger partial charge in [0.2, 0.25) is 0 Å². The van der Waals surface area contributed by atoms with Gasteiger partial charge in [0, 0.05) is 12.1 Å². The van der Waals surface area contributed by atoms with Crippen LogP contribution in [0.25, 0.3) is 82.8 Å². The van der Waals surface area contributed by atoms with Crippen LogP contribution in [0.5, 0.6) is 0 Å². The van der Waals surface area contributed by atoms with Gasteiger partial charge in [0.1, 0.15) is 5.82 Å². The summed E-state index contributed by atoms with van der Waals surface area (Å²) in [6, 6.07) is 63.7. The van der Waals surface area contributed by atoms with Crippen LogP contribution in [0, 0.1) is 0 Å². The average Bonchev–Trinajstić information content (AvgIpc) is 3.56. The lowest BCUT2D eigenvalue weighted by molar-refractivity contribution is 0.908. The Balaban J connectivity index is 1.13. The van der Waals surface area contributed by atoms with Crippen molar-refractivity contribution in [1.82, 2.24) is 9.55 Å². The van der Waals surface area contributed by atoms with Crippen molar-refractivity contribution in [2.75, 3.05) is 0 Å². The van der Waals surface area contributed by atoms with Gasteiger partial charge in [-0.05, 0) is 90.3 Å². The lowest BCUT2D eigenvalue weighted by Crippen LogP contribution is -2.00. The van der Waals surface area contributed by atoms with Gasteiger partial charge in [-0.25, -0.2) is 4.98 Å². The van der Waals surface area contributed by atoms with Gasteiger partial charge in [0.05, 0.1) is 11.0 Å². The Kier molecular flexibility index (Phi) is 7.13. The molecule has 0 bridgehead atoms. The molecule has 0 saturated carbocycles. The molecule has 1 heterocycles. The summed E-state index contributed by atoms with van der Waals surface area (Å²) in [4.78, 5) is 4.91. The summed E-state index contributed by atoms with van der Waals surface area (Å²) < 4.78 is 2.29. The van der Waals surface area contributed by atoms with E-state index in [1.54, 1.807) is 0 Å². The predicted octanol–water partition coefficient (Wildman–Crippen LogP) is 12.6. The maximum absolute atomic E-state index is 4.91. The van der Waals surface area contributed by atoms with E-state index < -0.39 is 0 Å². The van der Waals surface area contributed by atoms with Crippen LogP contribution in [0.15, 0.2) is 176 Å². The summed E-state index contributed by atoms with van der Waals surface area (Å²) in [5.74, 6) is 1.07. The van der Waals surface area contributed by atoms with Crippen molar-refractivity contribution < 1.29 is 0 Å². The van der Waals surface area contributed by atoms with Crippen LogP contribution >= 0.6 is 0 Å². The number of hydrogen-bond donors (Lipinski definition) is 0. The Hall–Kier alpha value is -6.25. The first-order valence-electron chi connectivity index (χ1n) is 17.0. The maximum Gasteiger partial charge on any atom is 0.114 e. The highest BCUT2D eigenvalue weighted by Crippen LogP contribution is 2.44. The third-order valence-electron chi connectivity index (χ3n) is 9.79. The van der Waals surface area contributed by atoms with Gasteiger partial charge in [-0.1, -0.05) is 159 Å². The standard InChI is InChI=1S/C47H34N2/c1-2-45-48-43-18-10-11-19-44(43)49(45)38-30-28-37(29-31-38)47-41-16-8-6-14-39(41)46(40-15-7-9-17-42(40)47)36-26-24-35(25-27-36)34-22-20-33(21-23-34)32-12-4-3-5-13-32/h3-31H,2H2,1H3. The predicted molar refractivity (Wildman–Crippen MR) is 207 cm³/mol. The Morgan fingerprint density at radius 2 is 0.776 bits per heavy atom. The molecule has 0 unspecified atom stereocenters. The third-order valence-corrected chi connectivity index (χ3v) is 9.79. The fourth-order valence-corrected chi connectivity index (χ4v) is 7.44. The molecule has 0 amide bonds. The average molecular weight is 627 g/mol. The number of benzene rings is 8. The Labute approximate surface area is 286 Å². The number of rotatable bonds is 6. The molecule has 0 saturated heterocycles. The minimum absolute atomic E-state index is 0.870. The smallest absolute Gasteiger partial charge is 0.114 e. The van der Waals surface area contributed by atoms with Crippen LogP contribution < -0.4 is 0 Å². The fraction of sp³-hybridized carbons (Fsp3) is 0.0426. The molecular formula is C47H34N2. The zero-order valence-electron chi connectivity index (χ0n) is 27.3. The van der Waals surface area contributed by atoms with Gasteiger partial charge in [-0.15, -0.1) is 0 Å². The van der Waals surface area contributed by atoms with Crippen molar-refractivity contribution in [2.45, 2.75) is 13.3 Å². The van der Waals surface area contributed by atoms with E-state index in [1.807, 2.05) is 0 Å². The van der Waals surface area contributed by atoms with Gasteiger partial charge in [0.25, 0.3) is 0 Å². The Morgan fingerprint density at radius 3 is 1.27 bits per heavy atom. The normalized spacial score (nSPS) is 11.4. The molecule has 0 N–H and O–H groups in total. The molecule has 0 aliphatic carbocycles. The molecule has 0 aliphatic heterocycles. The van der Waals surface area contributed by atoms with Crippen molar-refractivity contribution >= 4 is 32.6 Å². The Bertz CT molecular complexity index is 2540. The first-order chi connectivity index (χ1) is 24.3. The van der Waals surface area contributed by atoms with E-state index in [0.717, 1.165) is 29.0 Å². The molecule has 8 aromatic carbocycles. The summed E-state index contributed by atoms with van der Waals surface area (Å²) in [5.41, 5.74) is 13.2. The molecule has 232 valence electrons. The maximum atomic E-state index is 4.91. The largest absolute Gasteiger partial charge is 0.296 e. The van der Waals surface area contributed by atoms with Crippen LogP contribution in [-0.4, -0.2) is 9.55 Å². The van der Waals surface area contributed by atoms with E-state index in [1.165, 1.54) is 66.1 Å². The van der Waals surface area contributed by atoms with Crippen molar-refractivity contribution in [3.63, 3.8) is 0 Å². The molecular weight excluding hydrogens is 593 g/mol. The van der Waals surface area contributed by atoms with Crippen LogP contribution in [0.3, 0.4) is 0 Å². The molecule has 0 aliphatic rings. The SMILES string of the molecule is CCc1nc2ccccc2n1-c1ccc(-c2c3ccccc3c(-c3ccc(-c4ccc(-c5ccccc5)cc4)cc3)c3ccccc23)cc1. The molecule has 9 rings (SSSR count). The van der Waals surface area contributed by atoms with E-state index in [2.05, 4.69) is 187 Å². The highest BCUT2D eigenvalue weighted by atomic mass is 15.1. The zero-order valence-corrected chi connectivity index (χ0v) is 27.3. The van der Waals surface area contributed by atoms with Crippen molar-refractivity contribution in [3.8, 4) is 50.2 Å². The number of nitrogens with zero attached hydrogens (tertiary/aromatic N) is 2. The minimum Gasteiger partial charge on any atom is -0.296 e. The highest BCUT2D eigenvalue weighted by molar-refractivity contribution is 6.21. The van der Waals surface area contributed by atoms with Gasteiger partial charge >= 0.3 is 0 Å². The lowest BCUT2D eigenvalue weighted by Gasteiger charge is -2.18. The molecule has 1 aromatic heterocycles. The molecule has 0 radical (unpaired) electrons. The first-order valence-corrected chi connectivity index (χ1v) is 17.0. The topological polar surface area (TPSA) is 17.8 Å². The number of para-hydroxylation sites is 2. The molecule has 0 fully saturated rings. The van der Waals surface area contributed by atoms with Crippen molar-refractivity contribution in [3.05, 3.63) is 182 Å². The van der Waals surface area contributed by atoms with Gasteiger partial charge in [-0.2, -0.15) is 0 Å². The van der Waals surface area contributed by atoms with E-state index in [9.17, 15) is 0 Å². The van der Waals surface area contributed by atoms with E-state index in [-0.39, 0.29) is 0 Å². The molecule has 0 spiro atoms. The summed E-state index contributed by atoms with van der Waals surface area (Å²) in [6.45, 7) is 2.17. The minimum atomic E-state index is 0.870. The molecule has 49 heavy (non-hydrogen) atoms. The van der Waals surface area contributed by atoms with Gasteiger partial charge < -0.3 is 0 Å². The monoisotopic (exact) mass is 626 g/mol. The number of hydrogen-bond acceptors (Lipinski definition) is 1. The Morgan fingerprint density at radius 1 is 0.388 bits per heavy atom. The van der Waals surface area contributed by atoms with Gasteiger partial charge in [0.15, 0.2) is 0 Å². The second kappa shape index (κ2) is 12.1. The second-order valence-electron chi connectivity index (χ2n) is 12.6. The summed E-state index contributed by atoms with van der Waals surface area (Å²) in [5, 5.41) is 5.03. The number of fused-ring (bicyclic) bond motifs is 3. The fourth-order valence-electron chi connectivity index (χ4n) is 7.44. The molecule has 2 nitrogen and oxygen atoms in total. The quantitative estimate of drug-likeness (QED) is 0.168. The summed E-state index contributed by atoms with van der Waals surface area (Å²) in [7, 11) is 0. The number of aromatic nitrogens is 2. The molecule has 0 atom stereocenters. The van der Waals surface area contributed by atoms with E-state index in [4.69, 9.17) is 4.98 Å². The van der Waals surface area contributed by atoms with E-state index >= 15 is 0 Å². The number of aryl methyl sites for hydroxylation is 1. The van der Waals surface area contributed by atoms with E-state index in [0.29, 0.717) is 0 Å². The second-order valence-corrected chi connectivity index (χ2v) is 12.6. The van der Waals surface area contributed by atoms with Crippen LogP contribution in [-0.2, 0) is 6.42 Å². The van der Waals surface area contributed by atoms with Gasteiger partial charge in [-0.3, -0.25) is 4.57 Å². The summed E-state index contributed by atoms with van der Waals surface area (Å²) >= 11 is 0. The third kappa shape index (κ3) is 5.01. The van der Waals surface area contributed by atoms with Crippen LogP contribution in [0.1, 0.15) is 12.7 Å². The summed E-state index contributed by atoms with van der Waals surface area (Å²) in [6.07, 6.45) is 0.870. The van der Waals surface area contributed by atoms with Crippen LogP contribution in [0.4, 0.5) is 0 Å². The lowest BCUT2D eigenvalue weighted by atomic mass is 9.85. The van der Waals surface area contributed by atoms with Crippen LogP contribution in [0.2, 0.25) is 0 Å². The van der Waals surface area contributed by atoms with Crippen molar-refractivity contribution in [2.24, 2.45) is 0 Å². The zero-order chi connectivity index (χ0) is 32.7. The first kappa shape index (κ1) is 28.9. The molecule has 2 heteroatoms. The number of imidazole rings is 1. The highest BCUT2D eigenvalue weighted by Gasteiger charge is 2.17. The van der Waals surface area contributed by atoms with Crippen molar-refractivity contribution in [1.29, 1.82) is 0 Å². The molecule has 9 aromatic rings.